The Bertz CT molecular complexity index is 657. The molecule has 0 aliphatic carbocycles. The molecule has 0 bridgehead atoms. The zero-order chi connectivity index (χ0) is 15.6. The van der Waals surface area contributed by atoms with Gasteiger partial charge in [-0.25, -0.2) is 0 Å². The number of carbonyl (C=O) groups excluding carboxylic acids is 2. The fourth-order valence-corrected chi connectivity index (χ4v) is 2.84. The topological polar surface area (TPSA) is 83.6 Å². The number of rotatable bonds is 4. The van der Waals surface area contributed by atoms with Gasteiger partial charge in [-0.05, 0) is 31.2 Å². The summed E-state index contributed by atoms with van der Waals surface area (Å²) in [6.07, 6.45) is -0.364. The first-order valence-corrected chi connectivity index (χ1v) is 7.89. The van der Waals surface area contributed by atoms with Gasteiger partial charge in [0.1, 0.15) is 5.25 Å². The van der Waals surface area contributed by atoms with E-state index in [4.69, 9.17) is 0 Å². The van der Waals surface area contributed by atoms with Crippen molar-refractivity contribution in [1.82, 2.24) is 5.32 Å². The number of hydrogen-bond donors (Lipinski definition) is 1. The minimum Gasteiger partial charge on any atom is -0.352 e. The van der Waals surface area contributed by atoms with Crippen molar-refractivity contribution in [3.63, 3.8) is 0 Å². The van der Waals surface area contributed by atoms with Crippen molar-refractivity contribution in [3.8, 4) is 0 Å². The van der Waals surface area contributed by atoms with Gasteiger partial charge in [-0.2, -0.15) is 8.42 Å². The van der Waals surface area contributed by atoms with E-state index in [1.54, 1.807) is 6.92 Å². The summed E-state index contributed by atoms with van der Waals surface area (Å²) in [6, 6.07) is 6.14. The van der Waals surface area contributed by atoms with Crippen molar-refractivity contribution in [2.45, 2.75) is 18.6 Å². The maximum Gasteiger partial charge on any atom is 0.307 e. The molecular formula is C13H15FN2O4S. The van der Waals surface area contributed by atoms with Crippen LogP contribution in [0.5, 0.6) is 0 Å². The SMILES string of the molecule is CCNC(=O)c1ccc(N2CC(S(=O)(=O)F)CC2=O)cc1. The lowest BCUT2D eigenvalue weighted by atomic mass is 10.2. The summed E-state index contributed by atoms with van der Waals surface area (Å²) in [5, 5.41) is 1.31. The molecule has 8 heteroatoms. The van der Waals surface area contributed by atoms with Crippen LogP contribution < -0.4 is 10.2 Å². The molecule has 0 aromatic heterocycles. The molecule has 1 heterocycles. The highest BCUT2D eigenvalue weighted by Crippen LogP contribution is 2.26. The number of nitrogens with zero attached hydrogens (tertiary/aromatic N) is 1. The molecule has 1 N–H and O–H groups in total. The first-order chi connectivity index (χ1) is 9.82. The maximum atomic E-state index is 13.0. The Labute approximate surface area is 122 Å². The zero-order valence-electron chi connectivity index (χ0n) is 11.4. The number of amides is 2. The summed E-state index contributed by atoms with van der Waals surface area (Å²) in [5.74, 6) is -0.687. The van der Waals surface area contributed by atoms with E-state index in [0.29, 0.717) is 17.8 Å². The molecule has 1 aromatic carbocycles. The standard InChI is InChI=1S/C13H15FN2O4S/c1-2-15-13(18)9-3-5-10(6-4-9)16-8-11(7-12(16)17)21(14,19)20/h3-6,11H,2,7-8H2,1H3,(H,15,18). The van der Waals surface area contributed by atoms with Gasteiger partial charge in [-0.3, -0.25) is 9.59 Å². The third kappa shape index (κ3) is 3.38. The Kier molecular flexibility index (Phi) is 4.26. The maximum absolute atomic E-state index is 13.0. The van der Waals surface area contributed by atoms with E-state index < -0.39 is 21.4 Å². The summed E-state index contributed by atoms with van der Waals surface area (Å²) < 4.78 is 34.7. The van der Waals surface area contributed by atoms with Gasteiger partial charge >= 0.3 is 10.2 Å². The van der Waals surface area contributed by atoms with Gasteiger partial charge in [-0.1, -0.05) is 0 Å². The molecule has 1 atom stereocenters. The minimum atomic E-state index is -4.73. The lowest BCUT2D eigenvalue weighted by molar-refractivity contribution is -0.117. The number of carbonyl (C=O) groups is 2. The van der Waals surface area contributed by atoms with E-state index in [9.17, 15) is 21.9 Å². The predicted octanol–water partition coefficient (Wildman–Crippen LogP) is 0.841. The fourth-order valence-electron chi connectivity index (χ4n) is 2.17. The molecule has 6 nitrogen and oxygen atoms in total. The first-order valence-electron chi connectivity index (χ1n) is 6.45. The summed E-state index contributed by atoms with van der Waals surface area (Å²) in [4.78, 5) is 24.6. The van der Waals surface area contributed by atoms with Crippen molar-refractivity contribution < 1.29 is 21.9 Å². The van der Waals surface area contributed by atoms with E-state index >= 15 is 0 Å². The first kappa shape index (κ1) is 15.4. The average molecular weight is 314 g/mol. The molecule has 114 valence electrons. The number of hydrogen-bond acceptors (Lipinski definition) is 4. The van der Waals surface area contributed by atoms with Gasteiger partial charge in [0.25, 0.3) is 5.91 Å². The molecule has 0 saturated carbocycles. The highest BCUT2D eigenvalue weighted by Gasteiger charge is 2.39. The Morgan fingerprint density at radius 2 is 2.00 bits per heavy atom. The van der Waals surface area contributed by atoms with Crippen molar-refractivity contribution in [2.24, 2.45) is 0 Å². The van der Waals surface area contributed by atoms with Gasteiger partial charge in [0.2, 0.25) is 5.91 Å². The normalized spacial score (nSPS) is 18.9. The minimum absolute atomic E-state index is 0.210. The van der Waals surface area contributed by atoms with Crippen LogP contribution in [-0.2, 0) is 15.0 Å². The molecule has 0 radical (unpaired) electrons. The quantitative estimate of drug-likeness (QED) is 0.835. The summed E-state index contributed by atoms with van der Waals surface area (Å²) >= 11 is 0. The molecule has 1 aliphatic heterocycles. The smallest absolute Gasteiger partial charge is 0.307 e. The van der Waals surface area contributed by atoms with Crippen LogP contribution in [0.4, 0.5) is 9.57 Å². The van der Waals surface area contributed by atoms with Crippen LogP contribution >= 0.6 is 0 Å². The monoisotopic (exact) mass is 314 g/mol. The number of halogens is 1. The summed E-state index contributed by atoms with van der Waals surface area (Å²) in [6.45, 7) is 2.09. The number of benzene rings is 1. The molecule has 2 amide bonds. The van der Waals surface area contributed by atoms with Gasteiger partial charge in [0.05, 0.1) is 0 Å². The molecule has 1 fully saturated rings. The van der Waals surface area contributed by atoms with Crippen LogP contribution in [0.15, 0.2) is 24.3 Å². The number of nitrogens with one attached hydrogen (secondary N) is 1. The van der Waals surface area contributed by atoms with E-state index in [-0.39, 0.29) is 18.9 Å². The van der Waals surface area contributed by atoms with Crippen molar-refractivity contribution >= 4 is 27.7 Å². The molecule has 0 spiro atoms. The van der Waals surface area contributed by atoms with Gasteiger partial charge in [-0.15, -0.1) is 3.89 Å². The molecule has 2 rings (SSSR count). The lowest BCUT2D eigenvalue weighted by Gasteiger charge is -2.16. The van der Waals surface area contributed by atoms with E-state index in [1.807, 2.05) is 0 Å². The average Bonchev–Trinajstić information content (AvgIpc) is 2.81. The zero-order valence-corrected chi connectivity index (χ0v) is 12.2. The fraction of sp³-hybridized carbons (Fsp3) is 0.385. The lowest BCUT2D eigenvalue weighted by Crippen LogP contribution is -2.27. The second-order valence-electron chi connectivity index (χ2n) is 4.71. The second-order valence-corrected chi connectivity index (χ2v) is 6.33. The van der Waals surface area contributed by atoms with Crippen molar-refractivity contribution in [3.05, 3.63) is 29.8 Å². The van der Waals surface area contributed by atoms with Gasteiger partial charge in [0, 0.05) is 30.8 Å². The predicted molar refractivity (Wildman–Crippen MR) is 75.2 cm³/mol. The Balaban J connectivity index is 2.16. The Morgan fingerprint density at radius 1 is 1.38 bits per heavy atom. The van der Waals surface area contributed by atoms with E-state index in [0.717, 1.165) is 0 Å². The molecule has 1 unspecified atom stereocenters. The molecule has 1 aliphatic rings. The van der Waals surface area contributed by atoms with Crippen LogP contribution in [0.25, 0.3) is 0 Å². The van der Waals surface area contributed by atoms with Crippen molar-refractivity contribution in [1.29, 1.82) is 0 Å². The van der Waals surface area contributed by atoms with E-state index in [1.165, 1.54) is 29.2 Å². The summed E-state index contributed by atoms with van der Waals surface area (Å²) in [5.41, 5.74) is 0.876. The highest BCUT2D eigenvalue weighted by molar-refractivity contribution is 7.87. The van der Waals surface area contributed by atoms with Crippen LogP contribution in [0.2, 0.25) is 0 Å². The third-order valence-electron chi connectivity index (χ3n) is 3.27. The molecule has 1 aromatic rings. The second kappa shape index (κ2) is 5.80. The molecule has 1 saturated heterocycles. The number of anilines is 1. The Morgan fingerprint density at radius 3 is 2.48 bits per heavy atom. The largest absolute Gasteiger partial charge is 0.352 e. The van der Waals surface area contributed by atoms with Crippen LogP contribution in [0, 0.1) is 0 Å². The summed E-state index contributed by atoms with van der Waals surface area (Å²) in [7, 11) is -4.73. The molecule has 21 heavy (non-hydrogen) atoms. The van der Waals surface area contributed by atoms with Crippen LogP contribution in [0.3, 0.4) is 0 Å². The molecular weight excluding hydrogens is 299 g/mol. The highest BCUT2D eigenvalue weighted by atomic mass is 32.3. The van der Waals surface area contributed by atoms with Crippen LogP contribution in [0.1, 0.15) is 23.7 Å². The van der Waals surface area contributed by atoms with Gasteiger partial charge in [0.15, 0.2) is 0 Å². The third-order valence-corrected chi connectivity index (χ3v) is 4.38. The Hall–Kier alpha value is -1.96. The van der Waals surface area contributed by atoms with Crippen LogP contribution in [-0.4, -0.2) is 38.6 Å². The van der Waals surface area contributed by atoms with E-state index in [2.05, 4.69) is 5.32 Å². The van der Waals surface area contributed by atoms with Crippen molar-refractivity contribution in [2.75, 3.05) is 18.0 Å². The van der Waals surface area contributed by atoms with Gasteiger partial charge < -0.3 is 10.2 Å².